The largest absolute Gasteiger partial charge is 0.428 e. The van der Waals surface area contributed by atoms with E-state index in [0.29, 0.717) is 10.2 Å². The van der Waals surface area contributed by atoms with Gasteiger partial charge in [-0.3, -0.25) is 0 Å². The fourth-order valence-corrected chi connectivity index (χ4v) is 0.775. The maximum atomic E-state index is 10.5. The second-order valence-corrected chi connectivity index (χ2v) is 2.37. The fourth-order valence-electron chi connectivity index (χ4n) is 0.417. The van der Waals surface area contributed by atoms with Gasteiger partial charge in [0, 0.05) is 0 Å². The molecule has 0 unspecified atom stereocenters. The standard InChI is InChI=1S/C5H4BrNO2/c6-4-1-3(7)2-9-5(4)8/h1-2H,7H2. The third kappa shape index (κ3) is 1.32. The smallest absolute Gasteiger partial charge is 0.350 e. The number of rotatable bonds is 0. The number of nitrogen functional groups attached to an aromatic ring is 1. The van der Waals surface area contributed by atoms with E-state index in [1.807, 2.05) is 0 Å². The molecule has 0 aromatic carbocycles. The second kappa shape index (κ2) is 2.23. The summed E-state index contributed by atoms with van der Waals surface area (Å²) in [7, 11) is 0. The summed E-state index contributed by atoms with van der Waals surface area (Å²) in [6, 6.07) is 1.49. The highest BCUT2D eigenvalue weighted by Crippen LogP contribution is 2.06. The van der Waals surface area contributed by atoms with Gasteiger partial charge in [-0.2, -0.15) is 0 Å². The van der Waals surface area contributed by atoms with Crippen molar-refractivity contribution in [2.75, 3.05) is 5.73 Å². The van der Waals surface area contributed by atoms with Gasteiger partial charge in [0.1, 0.15) is 10.7 Å². The van der Waals surface area contributed by atoms with Crippen LogP contribution >= 0.6 is 15.9 Å². The van der Waals surface area contributed by atoms with Gasteiger partial charge in [-0.25, -0.2) is 4.79 Å². The lowest BCUT2D eigenvalue weighted by molar-refractivity contribution is 0.509. The molecule has 3 nitrogen and oxygen atoms in total. The highest BCUT2D eigenvalue weighted by molar-refractivity contribution is 9.10. The Morgan fingerprint density at radius 1 is 1.67 bits per heavy atom. The predicted molar refractivity (Wildman–Crippen MR) is 37.1 cm³/mol. The van der Waals surface area contributed by atoms with Gasteiger partial charge in [-0.15, -0.1) is 0 Å². The van der Waals surface area contributed by atoms with Crippen LogP contribution in [0.4, 0.5) is 5.69 Å². The quantitative estimate of drug-likeness (QED) is 0.663. The molecule has 0 amide bonds. The first-order valence-electron chi connectivity index (χ1n) is 2.24. The van der Waals surface area contributed by atoms with Crippen LogP contribution in [0.1, 0.15) is 0 Å². The van der Waals surface area contributed by atoms with Crippen LogP contribution in [-0.2, 0) is 0 Å². The molecule has 48 valence electrons. The topological polar surface area (TPSA) is 56.2 Å². The zero-order valence-corrected chi connectivity index (χ0v) is 6.01. The summed E-state index contributed by atoms with van der Waals surface area (Å²) in [6.07, 6.45) is 1.20. The van der Waals surface area contributed by atoms with Crippen molar-refractivity contribution in [1.29, 1.82) is 0 Å². The van der Waals surface area contributed by atoms with Gasteiger partial charge in [-0.05, 0) is 22.0 Å². The average molecular weight is 190 g/mol. The highest BCUT2D eigenvalue weighted by Gasteiger charge is 1.94. The molecular weight excluding hydrogens is 186 g/mol. The lowest BCUT2D eigenvalue weighted by atomic mass is 10.5. The molecule has 2 N–H and O–H groups in total. The monoisotopic (exact) mass is 189 g/mol. The van der Waals surface area contributed by atoms with E-state index in [0.717, 1.165) is 0 Å². The van der Waals surface area contributed by atoms with Crippen LogP contribution in [0.2, 0.25) is 0 Å². The summed E-state index contributed by atoms with van der Waals surface area (Å²) in [5.41, 5.74) is 5.28. The van der Waals surface area contributed by atoms with Crippen molar-refractivity contribution in [3.05, 3.63) is 27.2 Å². The van der Waals surface area contributed by atoms with Gasteiger partial charge in [0.2, 0.25) is 0 Å². The first-order chi connectivity index (χ1) is 4.20. The summed E-state index contributed by atoms with van der Waals surface area (Å²) >= 11 is 2.96. The first kappa shape index (κ1) is 6.35. The molecular formula is C5H4BrNO2. The third-order valence-electron chi connectivity index (χ3n) is 0.790. The van der Waals surface area contributed by atoms with E-state index in [-0.39, 0.29) is 0 Å². The molecule has 0 bridgehead atoms. The SMILES string of the molecule is Nc1coc(=O)c(Br)c1. The van der Waals surface area contributed by atoms with Gasteiger partial charge in [0.05, 0.1) is 5.69 Å². The molecule has 0 radical (unpaired) electrons. The van der Waals surface area contributed by atoms with E-state index < -0.39 is 5.63 Å². The average Bonchev–Trinajstić information content (AvgIpc) is 1.80. The molecule has 0 aliphatic carbocycles. The van der Waals surface area contributed by atoms with E-state index >= 15 is 0 Å². The fraction of sp³-hybridized carbons (Fsp3) is 0. The summed E-state index contributed by atoms with van der Waals surface area (Å²) in [5, 5.41) is 0. The molecule has 0 fully saturated rings. The molecule has 0 spiro atoms. The van der Waals surface area contributed by atoms with Crippen LogP contribution in [-0.4, -0.2) is 0 Å². The minimum atomic E-state index is -0.413. The number of hydrogen-bond acceptors (Lipinski definition) is 3. The van der Waals surface area contributed by atoms with E-state index in [1.54, 1.807) is 0 Å². The molecule has 1 rings (SSSR count). The molecule has 0 aliphatic heterocycles. The van der Waals surface area contributed by atoms with Crippen LogP contribution in [0, 0.1) is 0 Å². The van der Waals surface area contributed by atoms with E-state index in [1.165, 1.54) is 12.3 Å². The van der Waals surface area contributed by atoms with Crippen molar-refractivity contribution in [1.82, 2.24) is 0 Å². The minimum Gasteiger partial charge on any atom is -0.428 e. The van der Waals surface area contributed by atoms with Gasteiger partial charge in [0.15, 0.2) is 0 Å². The molecule has 0 atom stereocenters. The Hall–Kier alpha value is -0.770. The lowest BCUT2D eigenvalue weighted by Crippen LogP contribution is -1.99. The van der Waals surface area contributed by atoms with Crippen molar-refractivity contribution in [2.24, 2.45) is 0 Å². The van der Waals surface area contributed by atoms with Gasteiger partial charge in [-0.1, -0.05) is 0 Å². The van der Waals surface area contributed by atoms with Crippen molar-refractivity contribution >= 4 is 21.6 Å². The van der Waals surface area contributed by atoms with Crippen LogP contribution in [0.15, 0.2) is 26.0 Å². The van der Waals surface area contributed by atoms with Crippen LogP contribution < -0.4 is 11.4 Å². The Balaban J connectivity index is 3.34. The van der Waals surface area contributed by atoms with Gasteiger partial charge in [0.25, 0.3) is 0 Å². The maximum Gasteiger partial charge on any atom is 0.350 e. The number of hydrogen-bond donors (Lipinski definition) is 1. The maximum absolute atomic E-state index is 10.5. The molecule has 1 aromatic heterocycles. The summed E-state index contributed by atoms with van der Waals surface area (Å²) in [5.74, 6) is 0. The summed E-state index contributed by atoms with van der Waals surface area (Å²) in [4.78, 5) is 10.5. The third-order valence-corrected chi connectivity index (χ3v) is 1.34. The molecule has 1 heterocycles. The molecule has 0 aliphatic rings. The predicted octanol–water partition coefficient (Wildman–Crippen LogP) is 0.985. The summed E-state index contributed by atoms with van der Waals surface area (Å²) in [6.45, 7) is 0. The lowest BCUT2D eigenvalue weighted by Gasteiger charge is -1.88. The van der Waals surface area contributed by atoms with Crippen molar-refractivity contribution in [3.8, 4) is 0 Å². The molecule has 0 saturated heterocycles. The number of nitrogens with two attached hydrogens (primary N) is 1. The van der Waals surface area contributed by atoms with E-state index in [2.05, 4.69) is 20.3 Å². The number of halogens is 1. The Bertz CT molecular complexity index is 268. The Morgan fingerprint density at radius 3 is 2.78 bits per heavy atom. The number of anilines is 1. The molecule has 1 aromatic rings. The van der Waals surface area contributed by atoms with Gasteiger partial charge < -0.3 is 10.2 Å². The molecule has 9 heavy (non-hydrogen) atoms. The normalized spacial score (nSPS) is 9.44. The van der Waals surface area contributed by atoms with Crippen molar-refractivity contribution < 1.29 is 4.42 Å². The van der Waals surface area contributed by atoms with E-state index in [9.17, 15) is 4.79 Å². The van der Waals surface area contributed by atoms with Crippen LogP contribution in [0.3, 0.4) is 0 Å². The zero-order valence-electron chi connectivity index (χ0n) is 4.43. The van der Waals surface area contributed by atoms with Crippen LogP contribution in [0.25, 0.3) is 0 Å². The Labute approximate surface area is 59.6 Å². The van der Waals surface area contributed by atoms with Crippen molar-refractivity contribution in [2.45, 2.75) is 0 Å². The van der Waals surface area contributed by atoms with Crippen molar-refractivity contribution in [3.63, 3.8) is 0 Å². The summed E-state index contributed by atoms with van der Waals surface area (Å²) < 4.78 is 4.81. The van der Waals surface area contributed by atoms with Gasteiger partial charge >= 0.3 is 5.63 Å². The highest BCUT2D eigenvalue weighted by atomic mass is 79.9. The van der Waals surface area contributed by atoms with E-state index in [4.69, 9.17) is 5.73 Å². The Morgan fingerprint density at radius 2 is 2.33 bits per heavy atom. The minimum absolute atomic E-state index is 0.350. The first-order valence-corrected chi connectivity index (χ1v) is 3.03. The Kier molecular flexibility index (Phi) is 1.57. The van der Waals surface area contributed by atoms with Crippen LogP contribution in [0.5, 0.6) is 0 Å². The zero-order chi connectivity index (χ0) is 6.85. The second-order valence-electron chi connectivity index (χ2n) is 1.52. The molecule has 0 saturated carbocycles. The molecule has 4 heteroatoms.